The minimum absolute atomic E-state index is 0.503. The van der Waals surface area contributed by atoms with Crippen molar-refractivity contribution >= 4 is 11.3 Å². The maximum atomic E-state index is 3.21. The summed E-state index contributed by atoms with van der Waals surface area (Å²) in [5.74, 6) is 0. The number of nitrogens with one attached hydrogen (secondary N) is 1. The predicted molar refractivity (Wildman–Crippen MR) is 75.4 cm³/mol. The molecule has 1 saturated heterocycles. The van der Waals surface area contributed by atoms with Crippen molar-refractivity contribution in [2.24, 2.45) is 5.41 Å². The van der Waals surface area contributed by atoms with Gasteiger partial charge in [0.05, 0.1) is 0 Å². The number of piperidine rings is 1. The first-order valence-corrected chi connectivity index (χ1v) is 7.35. The van der Waals surface area contributed by atoms with Crippen LogP contribution in [0.3, 0.4) is 0 Å². The van der Waals surface area contributed by atoms with Crippen molar-refractivity contribution in [2.75, 3.05) is 20.1 Å². The summed E-state index contributed by atoms with van der Waals surface area (Å²) in [5.41, 5.74) is 0.503. The van der Waals surface area contributed by atoms with Crippen LogP contribution in [0.25, 0.3) is 0 Å². The molecular weight excluding hydrogens is 228 g/mol. The molecule has 1 aromatic heterocycles. The Morgan fingerprint density at radius 2 is 2.12 bits per heavy atom. The van der Waals surface area contributed by atoms with Gasteiger partial charge in [0, 0.05) is 29.4 Å². The summed E-state index contributed by atoms with van der Waals surface area (Å²) in [6.07, 6.45) is 2.72. The van der Waals surface area contributed by atoms with Crippen molar-refractivity contribution in [1.29, 1.82) is 0 Å². The van der Waals surface area contributed by atoms with Crippen molar-refractivity contribution in [1.82, 2.24) is 10.2 Å². The lowest BCUT2D eigenvalue weighted by Gasteiger charge is -2.37. The monoisotopic (exact) mass is 252 g/mol. The third-order valence-electron chi connectivity index (χ3n) is 3.43. The van der Waals surface area contributed by atoms with Crippen LogP contribution in [0.5, 0.6) is 0 Å². The van der Waals surface area contributed by atoms with Gasteiger partial charge in [-0.15, -0.1) is 11.3 Å². The van der Waals surface area contributed by atoms with Gasteiger partial charge in [0.2, 0.25) is 0 Å². The summed E-state index contributed by atoms with van der Waals surface area (Å²) in [7, 11) is 2.01. The average molecular weight is 252 g/mol. The number of rotatable bonds is 4. The quantitative estimate of drug-likeness (QED) is 0.886. The molecule has 1 N–H and O–H groups in total. The van der Waals surface area contributed by atoms with E-state index in [1.165, 1.54) is 35.7 Å². The summed E-state index contributed by atoms with van der Waals surface area (Å²) in [6, 6.07) is 4.55. The topological polar surface area (TPSA) is 15.3 Å². The van der Waals surface area contributed by atoms with Crippen molar-refractivity contribution in [3.05, 3.63) is 21.9 Å². The van der Waals surface area contributed by atoms with Crippen LogP contribution in [0.2, 0.25) is 0 Å². The summed E-state index contributed by atoms with van der Waals surface area (Å²) in [4.78, 5) is 5.56. The second-order valence-corrected chi connectivity index (χ2v) is 7.13. The molecule has 1 aliphatic heterocycles. The Morgan fingerprint density at radius 1 is 1.35 bits per heavy atom. The van der Waals surface area contributed by atoms with E-state index in [9.17, 15) is 0 Å². The maximum Gasteiger partial charge on any atom is 0.0328 e. The zero-order valence-electron chi connectivity index (χ0n) is 11.3. The molecule has 2 heterocycles. The molecule has 1 aliphatic rings. The first-order valence-electron chi connectivity index (χ1n) is 6.54. The summed E-state index contributed by atoms with van der Waals surface area (Å²) >= 11 is 1.95. The SMILES string of the molecule is CNCc1ccc(CN2CCCC(C)(C)C2)s1. The van der Waals surface area contributed by atoms with E-state index in [0.717, 1.165) is 13.1 Å². The molecule has 0 unspecified atom stereocenters. The molecule has 3 heteroatoms. The number of nitrogens with zero attached hydrogens (tertiary/aromatic N) is 1. The van der Waals surface area contributed by atoms with Gasteiger partial charge in [-0.1, -0.05) is 13.8 Å². The molecule has 0 saturated carbocycles. The zero-order valence-corrected chi connectivity index (χ0v) is 12.1. The highest BCUT2D eigenvalue weighted by molar-refractivity contribution is 7.11. The molecule has 1 aromatic rings. The molecule has 0 aliphatic carbocycles. The maximum absolute atomic E-state index is 3.21. The Bertz CT molecular complexity index is 357. The van der Waals surface area contributed by atoms with E-state index in [-0.39, 0.29) is 0 Å². The van der Waals surface area contributed by atoms with Gasteiger partial charge in [-0.2, -0.15) is 0 Å². The van der Waals surface area contributed by atoms with Gasteiger partial charge in [-0.3, -0.25) is 4.90 Å². The van der Waals surface area contributed by atoms with Gasteiger partial charge < -0.3 is 5.32 Å². The van der Waals surface area contributed by atoms with Crippen LogP contribution >= 0.6 is 11.3 Å². The molecule has 0 bridgehead atoms. The Kier molecular flexibility index (Phi) is 4.23. The van der Waals surface area contributed by atoms with E-state index in [1.807, 2.05) is 18.4 Å². The molecule has 0 amide bonds. The average Bonchev–Trinajstić information content (AvgIpc) is 2.64. The highest BCUT2D eigenvalue weighted by Gasteiger charge is 2.26. The van der Waals surface area contributed by atoms with Crippen molar-refractivity contribution < 1.29 is 0 Å². The van der Waals surface area contributed by atoms with Crippen LogP contribution in [0, 0.1) is 5.41 Å². The molecule has 0 atom stereocenters. The summed E-state index contributed by atoms with van der Waals surface area (Å²) < 4.78 is 0. The molecule has 17 heavy (non-hydrogen) atoms. The van der Waals surface area contributed by atoms with Gasteiger partial charge >= 0.3 is 0 Å². The second kappa shape index (κ2) is 5.51. The standard InChI is InChI=1S/C14H24N2S/c1-14(2)7-4-8-16(11-14)10-13-6-5-12(17-13)9-15-3/h5-6,15H,4,7-11H2,1-3H3. The van der Waals surface area contributed by atoms with Crippen LogP contribution in [-0.4, -0.2) is 25.0 Å². The summed E-state index contributed by atoms with van der Waals surface area (Å²) in [6.45, 7) is 9.42. The van der Waals surface area contributed by atoms with E-state index in [0.29, 0.717) is 5.41 Å². The molecule has 96 valence electrons. The second-order valence-electron chi connectivity index (χ2n) is 5.88. The largest absolute Gasteiger partial charge is 0.315 e. The van der Waals surface area contributed by atoms with Gasteiger partial charge in [-0.05, 0) is 44.0 Å². The normalized spacial score (nSPS) is 20.6. The minimum atomic E-state index is 0.503. The third kappa shape index (κ3) is 3.80. The number of hydrogen-bond acceptors (Lipinski definition) is 3. The Labute approximate surface area is 109 Å². The molecule has 2 rings (SSSR count). The van der Waals surface area contributed by atoms with Crippen LogP contribution in [0.4, 0.5) is 0 Å². The molecular formula is C14H24N2S. The van der Waals surface area contributed by atoms with Crippen molar-refractivity contribution in [2.45, 2.75) is 39.8 Å². The molecule has 0 spiro atoms. The fourth-order valence-electron chi connectivity index (χ4n) is 2.68. The van der Waals surface area contributed by atoms with Crippen molar-refractivity contribution in [3.8, 4) is 0 Å². The smallest absolute Gasteiger partial charge is 0.0328 e. The van der Waals surface area contributed by atoms with Gasteiger partial charge in [0.1, 0.15) is 0 Å². The molecule has 0 radical (unpaired) electrons. The third-order valence-corrected chi connectivity index (χ3v) is 4.50. The van der Waals surface area contributed by atoms with Crippen molar-refractivity contribution in [3.63, 3.8) is 0 Å². The highest BCUT2D eigenvalue weighted by atomic mass is 32.1. The molecule has 1 fully saturated rings. The fourth-order valence-corrected chi connectivity index (χ4v) is 3.75. The van der Waals surface area contributed by atoms with E-state index in [4.69, 9.17) is 0 Å². The zero-order chi connectivity index (χ0) is 12.3. The van der Waals surface area contributed by atoms with Crippen LogP contribution < -0.4 is 5.32 Å². The first kappa shape index (κ1) is 13.1. The van der Waals surface area contributed by atoms with E-state index < -0.39 is 0 Å². The van der Waals surface area contributed by atoms with Crippen LogP contribution in [0.1, 0.15) is 36.4 Å². The van der Waals surface area contributed by atoms with Crippen LogP contribution in [0.15, 0.2) is 12.1 Å². The number of hydrogen-bond donors (Lipinski definition) is 1. The van der Waals surface area contributed by atoms with E-state index in [2.05, 4.69) is 36.2 Å². The van der Waals surface area contributed by atoms with Gasteiger partial charge in [0.15, 0.2) is 0 Å². The molecule has 2 nitrogen and oxygen atoms in total. The highest BCUT2D eigenvalue weighted by Crippen LogP contribution is 2.30. The van der Waals surface area contributed by atoms with Crippen LogP contribution in [-0.2, 0) is 13.1 Å². The van der Waals surface area contributed by atoms with Gasteiger partial charge in [0.25, 0.3) is 0 Å². The lowest BCUT2D eigenvalue weighted by Crippen LogP contribution is -2.39. The minimum Gasteiger partial charge on any atom is -0.315 e. The Morgan fingerprint density at radius 3 is 2.82 bits per heavy atom. The predicted octanol–water partition coefficient (Wildman–Crippen LogP) is 3.09. The lowest BCUT2D eigenvalue weighted by atomic mass is 9.84. The van der Waals surface area contributed by atoms with E-state index in [1.54, 1.807) is 0 Å². The summed E-state index contributed by atoms with van der Waals surface area (Å²) in [5, 5.41) is 3.21. The van der Waals surface area contributed by atoms with E-state index >= 15 is 0 Å². The first-order chi connectivity index (χ1) is 8.09. The molecule has 0 aromatic carbocycles. The fraction of sp³-hybridized carbons (Fsp3) is 0.714. The lowest BCUT2D eigenvalue weighted by molar-refractivity contribution is 0.112. The number of likely N-dealkylation sites (tertiary alicyclic amines) is 1. The number of thiophene rings is 1. The Balaban J connectivity index is 1.91. The Hall–Kier alpha value is -0.380. The van der Waals surface area contributed by atoms with Gasteiger partial charge in [-0.25, -0.2) is 0 Å².